The van der Waals surface area contributed by atoms with E-state index >= 15 is 0 Å². The van der Waals surface area contributed by atoms with Crippen LogP contribution in [0.1, 0.15) is 84.0 Å². The number of hydrogen-bond donors (Lipinski definition) is 5. The number of nitrogens with two attached hydrogens (primary N) is 1. The summed E-state index contributed by atoms with van der Waals surface area (Å²) in [4.78, 5) is 60.3. The summed E-state index contributed by atoms with van der Waals surface area (Å²) < 4.78 is 0. The molecule has 39 heavy (non-hydrogen) atoms. The first-order valence-electron chi connectivity index (χ1n) is 13.5. The number of aliphatic carboxylic acids is 2. The first-order chi connectivity index (χ1) is 18.6. The molecule has 0 bridgehead atoms. The molecule has 0 fully saturated rings. The minimum Gasteiger partial charge on any atom is -0.480 e. The SMILES string of the molecule is CC/C=C\C/C=C\C/C=C\CCCCCCCC(=O)N(CC(=O)O)C(=O)[C@@H](CS)NC(=O)CCC(N)C(=O)O. The van der Waals surface area contributed by atoms with Crippen LogP contribution in [-0.4, -0.2) is 69.2 Å². The van der Waals surface area contributed by atoms with Crippen molar-refractivity contribution in [1.29, 1.82) is 0 Å². The molecule has 0 aromatic heterocycles. The van der Waals surface area contributed by atoms with Crippen LogP contribution in [0, 0.1) is 0 Å². The quantitative estimate of drug-likeness (QED) is 0.0751. The second kappa shape index (κ2) is 23.0. The fraction of sp³-hybridized carbons (Fsp3) is 0.607. The van der Waals surface area contributed by atoms with Crippen molar-refractivity contribution in [3.8, 4) is 0 Å². The van der Waals surface area contributed by atoms with Gasteiger partial charge in [-0.25, -0.2) is 0 Å². The molecule has 0 saturated heterocycles. The maximum Gasteiger partial charge on any atom is 0.323 e. The summed E-state index contributed by atoms with van der Waals surface area (Å²) in [5, 5.41) is 20.4. The second-order valence-corrected chi connectivity index (χ2v) is 9.46. The highest BCUT2D eigenvalue weighted by Crippen LogP contribution is 2.11. The molecule has 0 aromatic carbocycles. The topological polar surface area (TPSA) is 167 Å². The van der Waals surface area contributed by atoms with E-state index in [1.54, 1.807) is 0 Å². The standard InChI is InChI=1S/C28H45N3O7S/c1-2-3-4-5-6-7-8-9-10-11-12-13-14-15-16-17-25(33)31(20-26(34)35)27(36)23(21-39)30-24(32)19-18-22(29)28(37)38/h3-4,6-7,9-10,22-23,39H,2,5,8,11-21,29H2,1H3,(H,30,32)(H,34,35)(H,37,38)/b4-3-,7-6-,10-9-/t22?,23-/m1/s1. The zero-order valence-electron chi connectivity index (χ0n) is 22.9. The average molecular weight is 568 g/mol. The monoisotopic (exact) mass is 567 g/mol. The van der Waals surface area contributed by atoms with Gasteiger partial charge in [-0.2, -0.15) is 12.6 Å². The molecule has 0 spiro atoms. The summed E-state index contributed by atoms with van der Waals surface area (Å²) in [6, 6.07) is -2.46. The minimum atomic E-state index is -1.36. The normalized spacial score (nSPS) is 13.1. The van der Waals surface area contributed by atoms with Gasteiger partial charge in [0.15, 0.2) is 0 Å². The van der Waals surface area contributed by atoms with Crippen LogP contribution in [0.4, 0.5) is 0 Å². The van der Waals surface area contributed by atoms with Crippen LogP contribution in [0.2, 0.25) is 0 Å². The Balaban J connectivity index is 4.45. The fourth-order valence-corrected chi connectivity index (χ4v) is 3.75. The first-order valence-corrected chi connectivity index (χ1v) is 14.2. The zero-order valence-corrected chi connectivity index (χ0v) is 23.8. The molecule has 10 nitrogen and oxygen atoms in total. The summed E-state index contributed by atoms with van der Waals surface area (Å²) in [6.45, 7) is 1.29. The molecule has 11 heteroatoms. The molecular weight excluding hydrogens is 522 g/mol. The van der Waals surface area contributed by atoms with Crippen LogP contribution in [0.25, 0.3) is 0 Å². The molecule has 220 valence electrons. The highest BCUT2D eigenvalue weighted by Gasteiger charge is 2.30. The Morgan fingerprint density at radius 3 is 2.05 bits per heavy atom. The first kappa shape index (κ1) is 36.1. The number of allylic oxidation sites excluding steroid dienone is 6. The van der Waals surface area contributed by atoms with Gasteiger partial charge in [0.05, 0.1) is 0 Å². The summed E-state index contributed by atoms with van der Waals surface area (Å²) in [6.07, 6.45) is 20.7. The highest BCUT2D eigenvalue weighted by atomic mass is 32.1. The van der Waals surface area contributed by atoms with E-state index in [0.29, 0.717) is 11.3 Å². The maximum absolute atomic E-state index is 12.8. The van der Waals surface area contributed by atoms with Crippen LogP contribution >= 0.6 is 12.6 Å². The molecule has 0 rings (SSSR count). The van der Waals surface area contributed by atoms with Crippen LogP contribution in [-0.2, 0) is 24.0 Å². The van der Waals surface area contributed by atoms with Crippen molar-refractivity contribution in [3.05, 3.63) is 36.5 Å². The van der Waals surface area contributed by atoms with E-state index in [1.807, 2.05) is 0 Å². The van der Waals surface area contributed by atoms with E-state index in [1.165, 1.54) is 0 Å². The van der Waals surface area contributed by atoms with Gasteiger partial charge in [-0.1, -0.05) is 62.6 Å². The average Bonchev–Trinajstić information content (AvgIpc) is 2.90. The number of carboxylic acid groups (broad SMARTS) is 2. The number of carbonyl (C=O) groups excluding carboxylic acids is 3. The third-order valence-electron chi connectivity index (χ3n) is 5.72. The van der Waals surface area contributed by atoms with Gasteiger partial charge < -0.3 is 21.3 Å². The van der Waals surface area contributed by atoms with Crippen LogP contribution < -0.4 is 11.1 Å². The molecule has 1 unspecified atom stereocenters. The van der Waals surface area contributed by atoms with Crippen LogP contribution in [0.15, 0.2) is 36.5 Å². The Hall–Kier alpha value is -2.92. The maximum atomic E-state index is 12.8. The third kappa shape index (κ3) is 18.9. The van der Waals surface area contributed by atoms with Crippen molar-refractivity contribution in [1.82, 2.24) is 10.2 Å². The molecular formula is C28H45N3O7S. The van der Waals surface area contributed by atoms with E-state index in [4.69, 9.17) is 10.8 Å². The Labute approximate surface area is 237 Å². The number of rotatable bonds is 22. The van der Waals surface area contributed by atoms with Gasteiger partial charge in [-0.15, -0.1) is 0 Å². The summed E-state index contributed by atoms with van der Waals surface area (Å²) in [5.41, 5.74) is 5.37. The minimum absolute atomic E-state index is 0.0133. The molecule has 0 aliphatic heterocycles. The van der Waals surface area contributed by atoms with Crippen molar-refractivity contribution in [2.75, 3.05) is 12.3 Å². The lowest BCUT2D eigenvalue weighted by atomic mass is 10.1. The third-order valence-corrected chi connectivity index (χ3v) is 6.08. The zero-order chi connectivity index (χ0) is 29.5. The van der Waals surface area contributed by atoms with Gasteiger partial charge in [-0.05, 0) is 44.9 Å². The van der Waals surface area contributed by atoms with E-state index < -0.39 is 48.3 Å². The van der Waals surface area contributed by atoms with E-state index in [2.05, 4.69) is 61.3 Å². The lowest BCUT2D eigenvalue weighted by molar-refractivity contribution is -0.153. The van der Waals surface area contributed by atoms with Gasteiger partial charge in [0.25, 0.3) is 5.91 Å². The molecule has 0 aliphatic rings. The van der Waals surface area contributed by atoms with Crippen molar-refractivity contribution in [3.63, 3.8) is 0 Å². The Morgan fingerprint density at radius 2 is 1.46 bits per heavy atom. The Bertz CT molecular complexity index is 858. The number of nitrogens with one attached hydrogen (secondary N) is 1. The van der Waals surface area contributed by atoms with Gasteiger partial charge in [-0.3, -0.25) is 28.9 Å². The predicted octanol–water partition coefficient (Wildman–Crippen LogP) is 3.62. The number of thiol groups is 1. The lowest BCUT2D eigenvalue weighted by Gasteiger charge is -2.24. The summed E-state index contributed by atoms with van der Waals surface area (Å²) >= 11 is 4.04. The molecule has 5 N–H and O–H groups in total. The smallest absolute Gasteiger partial charge is 0.323 e. The molecule has 3 amide bonds. The summed E-state index contributed by atoms with van der Waals surface area (Å²) in [7, 11) is 0. The van der Waals surface area contributed by atoms with E-state index in [-0.39, 0.29) is 25.0 Å². The summed E-state index contributed by atoms with van der Waals surface area (Å²) in [5.74, 6) is -4.92. The molecule has 2 atom stereocenters. The van der Waals surface area contributed by atoms with Crippen molar-refractivity contribution < 1.29 is 34.2 Å². The van der Waals surface area contributed by atoms with E-state index in [9.17, 15) is 29.1 Å². The predicted molar refractivity (Wildman–Crippen MR) is 154 cm³/mol. The molecule has 0 radical (unpaired) electrons. The molecule has 0 heterocycles. The number of imide groups is 1. The van der Waals surface area contributed by atoms with Gasteiger partial charge in [0.2, 0.25) is 11.8 Å². The molecule has 0 saturated carbocycles. The molecule has 0 aliphatic carbocycles. The van der Waals surface area contributed by atoms with Crippen molar-refractivity contribution in [2.45, 2.75) is 96.1 Å². The Morgan fingerprint density at radius 1 is 0.872 bits per heavy atom. The number of hydrogen-bond acceptors (Lipinski definition) is 7. The Kier molecular flexibility index (Phi) is 21.3. The number of nitrogens with zero attached hydrogens (tertiary/aromatic N) is 1. The number of amides is 3. The fourth-order valence-electron chi connectivity index (χ4n) is 3.50. The number of unbranched alkanes of at least 4 members (excludes halogenated alkanes) is 5. The van der Waals surface area contributed by atoms with Crippen molar-refractivity contribution >= 4 is 42.3 Å². The number of carbonyl (C=O) groups is 5. The van der Waals surface area contributed by atoms with Crippen LogP contribution in [0.5, 0.6) is 0 Å². The van der Waals surface area contributed by atoms with Gasteiger partial charge in [0.1, 0.15) is 18.6 Å². The van der Waals surface area contributed by atoms with Crippen molar-refractivity contribution in [2.24, 2.45) is 5.73 Å². The largest absolute Gasteiger partial charge is 0.480 e. The second-order valence-electron chi connectivity index (χ2n) is 9.10. The van der Waals surface area contributed by atoms with Gasteiger partial charge in [0, 0.05) is 18.6 Å². The molecule has 0 aromatic rings. The number of carboxylic acids is 2. The van der Waals surface area contributed by atoms with Gasteiger partial charge >= 0.3 is 11.9 Å². The lowest BCUT2D eigenvalue weighted by Crippen LogP contribution is -2.53. The highest BCUT2D eigenvalue weighted by molar-refractivity contribution is 7.80. The van der Waals surface area contributed by atoms with E-state index in [0.717, 1.165) is 51.4 Å². The van der Waals surface area contributed by atoms with Crippen LogP contribution in [0.3, 0.4) is 0 Å².